The molecular weight excluding hydrogens is 360 g/mol. The highest BCUT2D eigenvalue weighted by molar-refractivity contribution is 6.02. The predicted molar refractivity (Wildman–Crippen MR) is 116 cm³/mol. The number of carbonyl (C=O) groups excluding carboxylic acids is 1. The van der Waals surface area contributed by atoms with Crippen LogP contribution in [0.1, 0.15) is 19.8 Å². The highest BCUT2D eigenvalue weighted by Crippen LogP contribution is 2.34. The Kier molecular flexibility index (Phi) is 4.16. The summed E-state index contributed by atoms with van der Waals surface area (Å²) in [5.41, 5.74) is 5.37. The van der Waals surface area contributed by atoms with Crippen LogP contribution in [-0.4, -0.2) is 26.7 Å². The molecule has 0 spiro atoms. The molecule has 5 rings (SSSR count). The van der Waals surface area contributed by atoms with E-state index in [4.69, 9.17) is 0 Å². The average molecular weight is 382 g/mol. The molecule has 5 heteroatoms. The van der Waals surface area contributed by atoms with Crippen LogP contribution in [0.5, 0.6) is 0 Å². The molecule has 1 unspecified atom stereocenters. The monoisotopic (exact) mass is 382 g/mol. The fourth-order valence-electron chi connectivity index (χ4n) is 4.17. The number of hydrogen-bond acceptors (Lipinski definition) is 3. The lowest BCUT2D eigenvalue weighted by atomic mass is 9.98. The van der Waals surface area contributed by atoms with E-state index in [0.717, 1.165) is 45.1 Å². The maximum atomic E-state index is 12.4. The molecule has 1 saturated heterocycles. The lowest BCUT2D eigenvalue weighted by Crippen LogP contribution is -2.30. The summed E-state index contributed by atoms with van der Waals surface area (Å²) < 4.78 is 1.81. The number of aryl methyl sites for hydroxylation is 1. The fourth-order valence-corrected chi connectivity index (χ4v) is 4.17. The molecule has 0 saturated carbocycles. The number of fused-ring (bicyclic) bond motifs is 1. The van der Waals surface area contributed by atoms with Crippen molar-refractivity contribution in [2.45, 2.75) is 25.8 Å². The summed E-state index contributed by atoms with van der Waals surface area (Å²) in [4.78, 5) is 18.7. The highest BCUT2D eigenvalue weighted by Gasteiger charge is 2.28. The third kappa shape index (κ3) is 3.09. The molecule has 0 radical (unpaired) electrons. The Morgan fingerprint density at radius 3 is 2.45 bits per heavy atom. The quantitative estimate of drug-likeness (QED) is 0.511. The number of hydrogen-bond donors (Lipinski definition) is 0. The first kappa shape index (κ1) is 17.6. The molecule has 1 amide bonds. The Hall–Kier alpha value is -3.47. The van der Waals surface area contributed by atoms with Crippen LogP contribution in [0.4, 0.5) is 5.69 Å². The summed E-state index contributed by atoms with van der Waals surface area (Å²) in [6.45, 7) is 2.11. The Bertz CT molecular complexity index is 1210. The van der Waals surface area contributed by atoms with Crippen LogP contribution in [0.2, 0.25) is 0 Å². The zero-order valence-electron chi connectivity index (χ0n) is 16.5. The minimum Gasteiger partial charge on any atom is -0.310 e. The number of benzene rings is 2. The molecule has 4 aromatic rings. The van der Waals surface area contributed by atoms with E-state index < -0.39 is 0 Å². The van der Waals surface area contributed by atoms with E-state index >= 15 is 0 Å². The summed E-state index contributed by atoms with van der Waals surface area (Å²) in [6, 6.07) is 14.9. The molecular formula is C24H22N4O. The van der Waals surface area contributed by atoms with Crippen LogP contribution in [0.15, 0.2) is 67.3 Å². The maximum Gasteiger partial charge on any atom is 0.227 e. The molecule has 1 fully saturated rings. The minimum atomic E-state index is 0.202. The van der Waals surface area contributed by atoms with Gasteiger partial charge in [0.05, 0.1) is 6.20 Å². The topological polar surface area (TPSA) is 51.0 Å². The van der Waals surface area contributed by atoms with Crippen LogP contribution in [-0.2, 0) is 11.8 Å². The molecule has 1 aliphatic heterocycles. The molecule has 0 bridgehead atoms. The molecule has 1 atom stereocenters. The number of amides is 1. The second-order valence-electron chi connectivity index (χ2n) is 7.72. The molecule has 0 N–H and O–H groups in total. The van der Waals surface area contributed by atoms with Crippen molar-refractivity contribution in [3.63, 3.8) is 0 Å². The number of pyridine rings is 1. The first-order chi connectivity index (χ1) is 14.1. The van der Waals surface area contributed by atoms with E-state index in [1.165, 1.54) is 0 Å². The first-order valence-electron chi connectivity index (χ1n) is 9.89. The number of rotatable bonds is 3. The van der Waals surface area contributed by atoms with Crippen molar-refractivity contribution in [3.05, 3.63) is 67.3 Å². The molecule has 2 aromatic heterocycles. The molecule has 1 aliphatic rings. The van der Waals surface area contributed by atoms with Gasteiger partial charge in [-0.2, -0.15) is 5.10 Å². The zero-order chi connectivity index (χ0) is 20.0. The van der Waals surface area contributed by atoms with Crippen molar-refractivity contribution in [1.82, 2.24) is 14.8 Å². The summed E-state index contributed by atoms with van der Waals surface area (Å²) in [5.74, 6) is 0.202. The van der Waals surface area contributed by atoms with Crippen LogP contribution < -0.4 is 4.90 Å². The van der Waals surface area contributed by atoms with Crippen molar-refractivity contribution in [2.75, 3.05) is 4.90 Å². The lowest BCUT2D eigenvalue weighted by molar-refractivity contribution is -0.117. The van der Waals surface area contributed by atoms with Crippen molar-refractivity contribution in [3.8, 4) is 22.3 Å². The summed E-state index contributed by atoms with van der Waals surface area (Å²) in [5, 5.41) is 6.43. The van der Waals surface area contributed by atoms with Crippen LogP contribution in [0.3, 0.4) is 0 Å². The predicted octanol–water partition coefficient (Wildman–Crippen LogP) is 4.82. The minimum absolute atomic E-state index is 0.202. The Morgan fingerprint density at radius 1 is 0.966 bits per heavy atom. The summed E-state index contributed by atoms with van der Waals surface area (Å²) >= 11 is 0. The Balaban J connectivity index is 1.57. The summed E-state index contributed by atoms with van der Waals surface area (Å²) in [6.07, 6.45) is 9.19. The molecule has 5 nitrogen and oxygen atoms in total. The lowest BCUT2D eigenvalue weighted by Gasteiger charge is -2.22. The van der Waals surface area contributed by atoms with Gasteiger partial charge in [0, 0.05) is 60.3 Å². The Morgan fingerprint density at radius 2 is 1.76 bits per heavy atom. The van der Waals surface area contributed by atoms with Crippen molar-refractivity contribution in [1.29, 1.82) is 0 Å². The normalized spacial score (nSPS) is 16.7. The van der Waals surface area contributed by atoms with E-state index in [-0.39, 0.29) is 11.9 Å². The van der Waals surface area contributed by atoms with Gasteiger partial charge in [0.15, 0.2) is 0 Å². The highest BCUT2D eigenvalue weighted by atomic mass is 16.2. The van der Waals surface area contributed by atoms with Crippen molar-refractivity contribution < 1.29 is 4.79 Å². The third-order valence-electron chi connectivity index (χ3n) is 5.74. The SMILES string of the molecule is CC1CCC(=O)N1c1ccc2cncc(-c3ccc(-c4cnn(C)c4)cc3)c2c1. The Labute approximate surface area is 169 Å². The molecule has 144 valence electrons. The standard InChI is InChI=1S/C24H22N4O/c1-16-3-10-24(29)28(16)21-9-8-19-12-25-14-23(22(19)11-21)18-6-4-17(5-7-18)20-13-26-27(2)15-20/h4-9,11-16H,3,10H2,1-2H3. The van der Waals surface area contributed by atoms with Crippen LogP contribution in [0.25, 0.3) is 33.0 Å². The van der Waals surface area contributed by atoms with Crippen LogP contribution >= 0.6 is 0 Å². The molecule has 0 aliphatic carbocycles. The third-order valence-corrected chi connectivity index (χ3v) is 5.74. The van der Waals surface area contributed by atoms with Gasteiger partial charge in [-0.1, -0.05) is 30.3 Å². The number of nitrogens with zero attached hydrogens (tertiary/aromatic N) is 4. The van der Waals surface area contributed by atoms with Gasteiger partial charge in [-0.3, -0.25) is 14.5 Å². The van der Waals surface area contributed by atoms with Gasteiger partial charge >= 0.3 is 0 Å². The van der Waals surface area contributed by atoms with E-state index in [0.29, 0.717) is 6.42 Å². The number of carbonyl (C=O) groups is 1. The second-order valence-corrected chi connectivity index (χ2v) is 7.72. The van der Waals surface area contributed by atoms with Crippen molar-refractivity contribution >= 4 is 22.4 Å². The van der Waals surface area contributed by atoms with Gasteiger partial charge in [0.1, 0.15) is 0 Å². The van der Waals surface area contributed by atoms with Gasteiger partial charge in [-0.25, -0.2) is 0 Å². The van der Waals surface area contributed by atoms with Gasteiger partial charge < -0.3 is 4.90 Å². The molecule has 3 heterocycles. The molecule has 29 heavy (non-hydrogen) atoms. The zero-order valence-corrected chi connectivity index (χ0v) is 16.5. The van der Waals surface area contributed by atoms with Gasteiger partial charge in [-0.15, -0.1) is 0 Å². The average Bonchev–Trinajstić information content (AvgIpc) is 3.32. The van der Waals surface area contributed by atoms with Crippen LogP contribution in [0, 0.1) is 0 Å². The second kappa shape index (κ2) is 6.85. The maximum absolute atomic E-state index is 12.4. The van der Waals surface area contributed by atoms with E-state index in [2.05, 4.69) is 53.4 Å². The van der Waals surface area contributed by atoms with Gasteiger partial charge in [-0.05, 0) is 42.0 Å². The first-order valence-corrected chi connectivity index (χ1v) is 9.89. The van der Waals surface area contributed by atoms with E-state index in [1.54, 1.807) is 4.68 Å². The van der Waals surface area contributed by atoms with Gasteiger partial charge in [0.25, 0.3) is 0 Å². The number of anilines is 1. The van der Waals surface area contributed by atoms with Gasteiger partial charge in [0.2, 0.25) is 5.91 Å². The van der Waals surface area contributed by atoms with Crippen molar-refractivity contribution in [2.24, 2.45) is 7.05 Å². The fraction of sp³-hybridized carbons (Fsp3) is 0.208. The largest absolute Gasteiger partial charge is 0.310 e. The summed E-state index contributed by atoms with van der Waals surface area (Å²) in [7, 11) is 1.92. The molecule has 2 aromatic carbocycles. The number of aromatic nitrogens is 3. The van der Waals surface area contributed by atoms with E-state index in [1.807, 2.05) is 42.8 Å². The van der Waals surface area contributed by atoms with E-state index in [9.17, 15) is 4.79 Å². The smallest absolute Gasteiger partial charge is 0.227 e.